The summed E-state index contributed by atoms with van der Waals surface area (Å²) < 4.78 is 16.5. The number of benzene rings is 1. The van der Waals surface area contributed by atoms with Crippen molar-refractivity contribution in [2.45, 2.75) is 26.4 Å². The number of nitrogens with one attached hydrogen (secondary N) is 3. The second-order valence-electron chi connectivity index (χ2n) is 6.59. The van der Waals surface area contributed by atoms with Crippen LogP contribution in [-0.2, 0) is 6.42 Å². The minimum atomic E-state index is -0.0855. The highest BCUT2D eigenvalue weighted by molar-refractivity contribution is 5.79. The number of H-pyrrole nitrogens is 1. The Morgan fingerprint density at radius 3 is 2.87 bits per heavy atom. The summed E-state index contributed by atoms with van der Waals surface area (Å²) in [7, 11) is 1.64. The maximum atomic E-state index is 5.92. The third-order valence-corrected chi connectivity index (χ3v) is 4.16. The molecule has 2 aromatic heterocycles. The molecule has 0 saturated heterocycles. The minimum absolute atomic E-state index is 0.0855. The Morgan fingerprint density at radius 1 is 1.23 bits per heavy atom. The van der Waals surface area contributed by atoms with Gasteiger partial charge in [-0.3, -0.25) is 5.10 Å². The lowest BCUT2D eigenvalue weighted by Gasteiger charge is -2.15. The highest BCUT2D eigenvalue weighted by Crippen LogP contribution is 2.20. The van der Waals surface area contributed by atoms with E-state index in [1.807, 2.05) is 50.2 Å². The number of hydrogen-bond acceptors (Lipinski definition) is 6. The predicted octanol–water partition coefficient (Wildman–Crippen LogP) is 2.64. The lowest BCUT2D eigenvalue weighted by atomic mass is 10.3. The number of furan rings is 1. The molecule has 160 valence electrons. The van der Waals surface area contributed by atoms with E-state index in [9.17, 15) is 0 Å². The van der Waals surface area contributed by atoms with Gasteiger partial charge in [0.1, 0.15) is 23.4 Å². The van der Waals surface area contributed by atoms with Crippen LogP contribution in [-0.4, -0.2) is 54.0 Å². The van der Waals surface area contributed by atoms with Crippen LogP contribution in [0.25, 0.3) is 11.6 Å². The molecule has 0 spiro atoms. The van der Waals surface area contributed by atoms with E-state index >= 15 is 0 Å². The largest absolute Gasteiger partial charge is 0.497 e. The first-order valence-corrected chi connectivity index (χ1v) is 9.96. The zero-order valence-electron chi connectivity index (χ0n) is 17.5. The van der Waals surface area contributed by atoms with Crippen molar-refractivity contribution in [3.8, 4) is 23.1 Å². The molecule has 0 radical (unpaired) electrons. The third kappa shape index (κ3) is 6.26. The summed E-state index contributed by atoms with van der Waals surface area (Å²) in [5.41, 5.74) is 0. The second kappa shape index (κ2) is 10.9. The van der Waals surface area contributed by atoms with Gasteiger partial charge in [-0.05, 0) is 38.1 Å². The van der Waals surface area contributed by atoms with Gasteiger partial charge < -0.3 is 24.5 Å². The molecule has 0 fully saturated rings. The number of rotatable bonds is 10. The van der Waals surface area contributed by atoms with E-state index in [2.05, 4.69) is 30.8 Å². The Labute approximate surface area is 175 Å². The second-order valence-corrected chi connectivity index (χ2v) is 6.59. The fourth-order valence-electron chi connectivity index (χ4n) is 2.73. The monoisotopic (exact) mass is 412 g/mol. The Balaban J connectivity index is 1.47. The number of aliphatic imine (C=N–C) groups is 1. The summed E-state index contributed by atoms with van der Waals surface area (Å²) in [6.07, 6.45) is 2.19. The summed E-state index contributed by atoms with van der Waals surface area (Å²) in [4.78, 5) is 9.05. The van der Waals surface area contributed by atoms with Gasteiger partial charge in [0, 0.05) is 25.6 Å². The van der Waals surface area contributed by atoms with Gasteiger partial charge in [-0.2, -0.15) is 5.10 Å². The molecule has 0 amide bonds. The van der Waals surface area contributed by atoms with E-state index in [0.29, 0.717) is 31.1 Å². The van der Waals surface area contributed by atoms with Crippen LogP contribution in [0.15, 0.2) is 52.1 Å². The number of methoxy groups -OCH3 is 1. The maximum absolute atomic E-state index is 5.92. The normalized spacial score (nSPS) is 12.4. The van der Waals surface area contributed by atoms with E-state index in [0.717, 1.165) is 29.8 Å². The zero-order valence-corrected chi connectivity index (χ0v) is 17.5. The quantitative estimate of drug-likeness (QED) is 0.347. The molecule has 0 saturated carbocycles. The fourth-order valence-corrected chi connectivity index (χ4v) is 2.73. The molecule has 9 heteroatoms. The molecule has 1 aromatic carbocycles. The number of guanidine groups is 1. The van der Waals surface area contributed by atoms with Crippen molar-refractivity contribution in [1.29, 1.82) is 0 Å². The van der Waals surface area contributed by atoms with Crippen molar-refractivity contribution in [2.24, 2.45) is 4.99 Å². The van der Waals surface area contributed by atoms with E-state index in [-0.39, 0.29) is 6.10 Å². The van der Waals surface area contributed by atoms with E-state index in [4.69, 9.17) is 13.9 Å². The maximum Gasteiger partial charge on any atom is 0.216 e. The van der Waals surface area contributed by atoms with Crippen molar-refractivity contribution in [2.75, 3.05) is 26.7 Å². The Bertz CT molecular complexity index is 922. The van der Waals surface area contributed by atoms with Crippen molar-refractivity contribution >= 4 is 5.96 Å². The van der Waals surface area contributed by atoms with E-state index in [1.165, 1.54) is 0 Å². The van der Waals surface area contributed by atoms with Crippen LogP contribution in [0, 0.1) is 0 Å². The van der Waals surface area contributed by atoms with Crippen LogP contribution in [0.2, 0.25) is 0 Å². The highest BCUT2D eigenvalue weighted by Gasteiger charge is 2.09. The van der Waals surface area contributed by atoms with Gasteiger partial charge in [-0.25, -0.2) is 9.98 Å². The molecule has 9 nitrogen and oxygen atoms in total. The molecule has 2 heterocycles. The third-order valence-electron chi connectivity index (χ3n) is 4.16. The minimum Gasteiger partial charge on any atom is -0.497 e. The molecule has 0 aliphatic carbocycles. The lowest BCUT2D eigenvalue weighted by molar-refractivity contribution is 0.229. The summed E-state index contributed by atoms with van der Waals surface area (Å²) in [6.45, 7) is 5.94. The first-order valence-electron chi connectivity index (χ1n) is 9.96. The van der Waals surface area contributed by atoms with Gasteiger partial charge >= 0.3 is 0 Å². The van der Waals surface area contributed by atoms with E-state index < -0.39 is 0 Å². The summed E-state index contributed by atoms with van der Waals surface area (Å²) in [6, 6.07) is 11.2. The first-order chi connectivity index (χ1) is 14.7. The molecule has 30 heavy (non-hydrogen) atoms. The van der Waals surface area contributed by atoms with Crippen LogP contribution in [0.4, 0.5) is 0 Å². The smallest absolute Gasteiger partial charge is 0.216 e. The van der Waals surface area contributed by atoms with Crippen LogP contribution in [0.5, 0.6) is 11.5 Å². The predicted molar refractivity (Wildman–Crippen MR) is 115 cm³/mol. The molecule has 1 atom stereocenters. The van der Waals surface area contributed by atoms with Crippen molar-refractivity contribution in [3.05, 3.63) is 48.5 Å². The van der Waals surface area contributed by atoms with Crippen LogP contribution >= 0.6 is 0 Å². The average Bonchev–Trinajstić information content (AvgIpc) is 3.44. The summed E-state index contributed by atoms with van der Waals surface area (Å²) in [5.74, 6) is 4.22. The number of aromatic amines is 1. The van der Waals surface area contributed by atoms with Crippen molar-refractivity contribution in [1.82, 2.24) is 25.8 Å². The lowest BCUT2D eigenvalue weighted by Crippen LogP contribution is -2.39. The van der Waals surface area contributed by atoms with Crippen molar-refractivity contribution in [3.63, 3.8) is 0 Å². The van der Waals surface area contributed by atoms with Crippen LogP contribution < -0.4 is 20.1 Å². The molecular formula is C21H28N6O3. The average molecular weight is 412 g/mol. The standard InChI is InChI=1S/C21H28N6O3/c1-4-22-21(24-14-15(2)30-17-8-5-7-16(13-17)28-3)23-11-10-19-25-20(27-26-19)18-9-6-12-29-18/h5-9,12-13,15H,4,10-11,14H2,1-3H3,(H2,22,23,24)(H,25,26,27). The number of hydrogen-bond donors (Lipinski definition) is 3. The SMILES string of the molecule is CCNC(=NCC(C)Oc1cccc(OC)c1)NCCc1nc(-c2ccco2)n[nH]1. The van der Waals surface area contributed by atoms with Gasteiger partial charge in [-0.1, -0.05) is 6.07 Å². The number of ether oxygens (including phenoxy) is 2. The van der Waals surface area contributed by atoms with Crippen LogP contribution in [0.1, 0.15) is 19.7 Å². The molecule has 3 rings (SSSR count). The Hall–Kier alpha value is -3.49. The summed E-state index contributed by atoms with van der Waals surface area (Å²) >= 11 is 0. The highest BCUT2D eigenvalue weighted by atomic mass is 16.5. The zero-order chi connectivity index (χ0) is 21.2. The van der Waals surface area contributed by atoms with Gasteiger partial charge in [0.25, 0.3) is 0 Å². The Kier molecular flexibility index (Phi) is 7.71. The first kappa shape index (κ1) is 21.2. The molecule has 3 N–H and O–H groups in total. The molecular weight excluding hydrogens is 384 g/mol. The molecule has 0 bridgehead atoms. The molecule has 3 aromatic rings. The fraction of sp³-hybridized carbons (Fsp3) is 0.381. The van der Waals surface area contributed by atoms with Gasteiger partial charge in [0.05, 0.1) is 19.9 Å². The molecule has 0 aliphatic rings. The Morgan fingerprint density at radius 2 is 2.10 bits per heavy atom. The number of nitrogens with zero attached hydrogens (tertiary/aromatic N) is 3. The molecule has 1 unspecified atom stereocenters. The topological polar surface area (TPSA) is 110 Å². The van der Waals surface area contributed by atoms with Gasteiger partial charge in [-0.15, -0.1) is 0 Å². The van der Waals surface area contributed by atoms with Gasteiger partial charge in [0.2, 0.25) is 5.82 Å². The van der Waals surface area contributed by atoms with Crippen molar-refractivity contribution < 1.29 is 13.9 Å². The van der Waals surface area contributed by atoms with Crippen LogP contribution in [0.3, 0.4) is 0 Å². The molecule has 0 aliphatic heterocycles. The number of aromatic nitrogens is 3. The van der Waals surface area contributed by atoms with E-state index in [1.54, 1.807) is 13.4 Å². The summed E-state index contributed by atoms with van der Waals surface area (Å²) in [5, 5.41) is 13.6. The van der Waals surface area contributed by atoms with Gasteiger partial charge in [0.15, 0.2) is 11.7 Å².